The molecule has 1 aromatic carbocycles. The van der Waals surface area contributed by atoms with Crippen molar-refractivity contribution in [2.24, 2.45) is 11.8 Å². The molecule has 2 aliphatic rings. The molecule has 6 nitrogen and oxygen atoms in total. The maximum Gasteiger partial charge on any atom is 0.309 e. The van der Waals surface area contributed by atoms with Crippen molar-refractivity contribution in [3.63, 3.8) is 0 Å². The van der Waals surface area contributed by atoms with E-state index in [1.54, 1.807) is 6.07 Å². The molecule has 1 amide bonds. The molecule has 2 saturated heterocycles. The predicted octanol–water partition coefficient (Wildman–Crippen LogP) is 3.01. The molecule has 2 fully saturated rings. The highest BCUT2D eigenvalue weighted by molar-refractivity contribution is 6.32. The van der Waals surface area contributed by atoms with Crippen LogP contribution in [0.2, 0.25) is 5.02 Å². The third-order valence-corrected chi connectivity index (χ3v) is 5.79. The highest BCUT2D eigenvalue weighted by Crippen LogP contribution is 2.34. The first-order chi connectivity index (χ1) is 13.0. The summed E-state index contributed by atoms with van der Waals surface area (Å²) in [4.78, 5) is 26.0. The number of ether oxygens (including phenoxy) is 2. The Morgan fingerprint density at radius 1 is 1.30 bits per heavy atom. The quantitative estimate of drug-likeness (QED) is 0.801. The number of para-hydroxylation sites is 1. The molecule has 0 saturated carbocycles. The first kappa shape index (κ1) is 20.0. The van der Waals surface area contributed by atoms with Crippen LogP contribution in [-0.4, -0.2) is 54.3 Å². The number of hydrogen-bond donors (Lipinski definition) is 1. The number of carboxylic acids is 1. The fourth-order valence-corrected chi connectivity index (χ4v) is 4.34. The highest BCUT2D eigenvalue weighted by Gasteiger charge is 2.40. The third-order valence-electron chi connectivity index (χ3n) is 5.49. The summed E-state index contributed by atoms with van der Waals surface area (Å²) >= 11 is 6.20. The van der Waals surface area contributed by atoms with Crippen molar-refractivity contribution < 1.29 is 24.2 Å². The molecule has 27 heavy (non-hydrogen) atoms. The fourth-order valence-electron chi connectivity index (χ4n) is 4.09. The zero-order valence-corrected chi connectivity index (χ0v) is 16.3. The van der Waals surface area contributed by atoms with Gasteiger partial charge in [-0.25, -0.2) is 0 Å². The second kappa shape index (κ2) is 8.93. The molecule has 0 radical (unpaired) electrons. The molecule has 3 rings (SSSR count). The van der Waals surface area contributed by atoms with Crippen molar-refractivity contribution in [1.82, 2.24) is 4.90 Å². The number of halogens is 1. The molecule has 1 aromatic rings. The largest absolute Gasteiger partial charge is 0.492 e. The minimum atomic E-state index is -0.777. The normalized spacial score (nSPS) is 23.4. The number of nitrogens with zero attached hydrogens (tertiary/aromatic N) is 1. The summed E-state index contributed by atoms with van der Waals surface area (Å²) < 4.78 is 11.3. The Kier molecular flexibility index (Phi) is 6.60. The summed E-state index contributed by atoms with van der Waals surface area (Å²) in [5.74, 6) is -0.381. The van der Waals surface area contributed by atoms with Crippen molar-refractivity contribution in [2.45, 2.75) is 38.7 Å². The van der Waals surface area contributed by atoms with Gasteiger partial charge in [-0.15, -0.1) is 0 Å². The molecule has 0 bridgehead atoms. The number of carboxylic acid groups (broad SMARTS) is 1. The topological polar surface area (TPSA) is 76.1 Å². The molecule has 1 unspecified atom stereocenters. The Bertz CT molecular complexity index is 687. The van der Waals surface area contributed by atoms with Gasteiger partial charge in [-0.05, 0) is 38.2 Å². The van der Waals surface area contributed by atoms with Gasteiger partial charge < -0.3 is 19.5 Å². The van der Waals surface area contributed by atoms with Gasteiger partial charge in [0.2, 0.25) is 5.91 Å². The number of likely N-dealkylation sites (tertiary alicyclic amines) is 1. The average Bonchev–Trinajstić information content (AvgIpc) is 3.15. The minimum absolute atomic E-state index is 0.0406. The molecule has 0 aliphatic carbocycles. The number of benzene rings is 1. The smallest absolute Gasteiger partial charge is 0.309 e. The fraction of sp³-hybridized carbons (Fsp3) is 0.600. The molecular weight excluding hydrogens is 370 g/mol. The van der Waals surface area contributed by atoms with Crippen molar-refractivity contribution in [3.05, 3.63) is 28.8 Å². The Labute approximate surface area is 164 Å². The Hall–Kier alpha value is -1.79. The van der Waals surface area contributed by atoms with Gasteiger partial charge in [-0.3, -0.25) is 9.59 Å². The number of carbonyl (C=O) groups excluding carboxylic acids is 1. The van der Waals surface area contributed by atoms with Crippen LogP contribution in [0, 0.1) is 11.8 Å². The summed E-state index contributed by atoms with van der Waals surface area (Å²) in [5.41, 5.74) is 0.793. The molecule has 0 spiro atoms. The summed E-state index contributed by atoms with van der Waals surface area (Å²) in [6, 6.07) is 5.45. The van der Waals surface area contributed by atoms with Crippen LogP contribution in [0.1, 0.15) is 31.7 Å². The van der Waals surface area contributed by atoms with Crippen LogP contribution in [0.4, 0.5) is 0 Å². The van der Waals surface area contributed by atoms with Crippen LogP contribution in [0.25, 0.3) is 0 Å². The second-order valence-electron chi connectivity index (χ2n) is 7.12. The SMILES string of the molecule is CCOc1c(Cl)cccc1CC(=O)N1CCC([C@@H]2OCCC2C(=O)O)CC1. The van der Waals surface area contributed by atoms with Crippen LogP contribution in [0.3, 0.4) is 0 Å². The number of amides is 1. The van der Waals surface area contributed by atoms with E-state index in [1.165, 1.54) is 0 Å². The van der Waals surface area contributed by atoms with Gasteiger partial charge in [0.1, 0.15) is 5.75 Å². The summed E-state index contributed by atoms with van der Waals surface area (Å²) in [6.07, 6.45) is 2.14. The minimum Gasteiger partial charge on any atom is -0.492 e. The van der Waals surface area contributed by atoms with E-state index >= 15 is 0 Å². The van der Waals surface area contributed by atoms with E-state index < -0.39 is 11.9 Å². The van der Waals surface area contributed by atoms with Gasteiger partial charge in [-0.1, -0.05) is 23.7 Å². The molecule has 0 aromatic heterocycles. The van der Waals surface area contributed by atoms with Gasteiger partial charge in [0.25, 0.3) is 0 Å². The molecule has 2 aliphatic heterocycles. The van der Waals surface area contributed by atoms with Crippen LogP contribution in [-0.2, 0) is 20.7 Å². The van der Waals surface area contributed by atoms with Crippen LogP contribution in [0.5, 0.6) is 5.75 Å². The van der Waals surface area contributed by atoms with Crippen molar-refractivity contribution >= 4 is 23.5 Å². The predicted molar refractivity (Wildman–Crippen MR) is 101 cm³/mol. The molecular formula is C20H26ClNO5. The van der Waals surface area contributed by atoms with Gasteiger partial charge >= 0.3 is 5.97 Å². The standard InChI is InChI=1S/C20H26ClNO5/c1-2-26-19-14(4-3-5-16(19)21)12-17(23)22-9-6-13(7-10-22)18-15(20(24)25)8-11-27-18/h3-5,13,15,18H,2,6-12H2,1H3,(H,24,25)/t15?,18-/m0/s1. The Morgan fingerprint density at radius 3 is 2.70 bits per heavy atom. The van der Waals surface area contributed by atoms with E-state index in [1.807, 2.05) is 24.0 Å². The average molecular weight is 396 g/mol. The van der Waals surface area contributed by atoms with E-state index in [9.17, 15) is 14.7 Å². The lowest BCUT2D eigenvalue weighted by Crippen LogP contribution is -2.43. The van der Waals surface area contributed by atoms with E-state index in [0.29, 0.717) is 43.5 Å². The number of aliphatic carboxylic acids is 1. The first-order valence-corrected chi connectivity index (χ1v) is 9.91. The maximum atomic E-state index is 12.7. The zero-order chi connectivity index (χ0) is 19.4. The first-order valence-electron chi connectivity index (χ1n) is 9.53. The number of hydrogen-bond acceptors (Lipinski definition) is 4. The van der Waals surface area contributed by atoms with Crippen molar-refractivity contribution in [3.8, 4) is 5.75 Å². The monoisotopic (exact) mass is 395 g/mol. The Balaban J connectivity index is 1.58. The second-order valence-corrected chi connectivity index (χ2v) is 7.53. The number of piperidine rings is 1. The van der Waals surface area contributed by atoms with Gasteiger partial charge in [0.05, 0.1) is 30.1 Å². The Morgan fingerprint density at radius 2 is 2.04 bits per heavy atom. The molecule has 1 N–H and O–H groups in total. The van der Waals surface area contributed by atoms with Crippen LogP contribution in [0.15, 0.2) is 18.2 Å². The van der Waals surface area contributed by atoms with Gasteiger partial charge in [-0.2, -0.15) is 0 Å². The van der Waals surface area contributed by atoms with E-state index in [4.69, 9.17) is 21.1 Å². The molecule has 7 heteroatoms. The van der Waals surface area contributed by atoms with E-state index in [0.717, 1.165) is 18.4 Å². The van der Waals surface area contributed by atoms with Crippen molar-refractivity contribution in [2.75, 3.05) is 26.3 Å². The zero-order valence-electron chi connectivity index (χ0n) is 15.5. The number of carbonyl (C=O) groups is 2. The van der Waals surface area contributed by atoms with E-state index in [2.05, 4.69) is 0 Å². The van der Waals surface area contributed by atoms with E-state index in [-0.39, 0.29) is 24.3 Å². The highest BCUT2D eigenvalue weighted by atomic mass is 35.5. The molecule has 148 valence electrons. The van der Waals surface area contributed by atoms with Crippen LogP contribution < -0.4 is 4.74 Å². The molecule has 2 heterocycles. The lowest BCUT2D eigenvalue weighted by atomic mass is 9.84. The summed E-state index contributed by atoms with van der Waals surface area (Å²) in [7, 11) is 0. The van der Waals surface area contributed by atoms with Crippen molar-refractivity contribution in [1.29, 1.82) is 0 Å². The van der Waals surface area contributed by atoms with Crippen LogP contribution >= 0.6 is 11.6 Å². The summed E-state index contributed by atoms with van der Waals surface area (Å²) in [6.45, 7) is 4.13. The maximum absolute atomic E-state index is 12.7. The van der Waals surface area contributed by atoms with Gasteiger partial charge in [0.15, 0.2) is 0 Å². The lowest BCUT2D eigenvalue weighted by Gasteiger charge is -2.35. The van der Waals surface area contributed by atoms with Gasteiger partial charge in [0, 0.05) is 25.3 Å². The summed E-state index contributed by atoms with van der Waals surface area (Å²) in [5, 5.41) is 9.86. The molecule has 2 atom stereocenters. The lowest BCUT2D eigenvalue weighted by molar-refractivity contribution is -0.145. The number of rotatable bonds is 6. The third kappa shape index (κ3) is 4.55.